The molecular formula is C20H22Cl2N2O3. The Morgan fingerprint density at radius 1 is 1.22 bits per heavy atom. The van der Waals surface area contributed by atoms with E-state index in [1.807, 2.05) is 18.2 Å². The smallest absolute Gasteiger partial charge is 0.258 e. The SMILES string of the molecule is O=C(COc1ccc(Cl)cc1Cl)NCC1CN(Cc2ccccc2)CCO1. The molecule has 1 N–H and O–H groups in total. The number of hydrogen-bond acceptors (Lipinski definition) is 4. The van der Waals surface area contributed by atoms with Gasteiger partial charge in [0.1, 0.15) is 5.75 Å². The Hall–Kier alpha value is -1.79. The minimum absolute atomic E-state index is 0.0365. The second-order valence-electron chi connectivity index (χ2n) is 6.38. The van der Waals surface area contributed by atoms with Crippen LogP contribution in [0.25, 0.3) is 0 Å². The van der Waals surface area contributed by atoms with Crippen LogP contribution in [0.4, 0.5) is 0 Å². The third kappa shape index (κ3) is 6.40. The average molecular weight is 409 g/mol. The summed E-state index contributed by atoms with van der Waals surface area (Å²) in [5, 5.41) is 3.75. The Bertz CT molecular complexity index is 758. The number of morpholine rings is 1. The minimum atomic E-state index is -0.218. The van der Waals surface area contributed by atoms with Gasteiger partial charge in [0.2, 0.25) is 0 Å². The molecule has 1 atom stereocenters. The highest BCUT2D eigenvalue weighted by Gasteiger charge is 2.21. The van der Waals surface area contributed by atoms with E-state index in [0.29, 0.717) is 28.9 Å². The van der Waals surface area contributed by atoms with Gasteiger partial charge in [0.25, 0.3) is 5.91 Å². The van der Waals surface area contributed by atoms with E-state index in [2.05, 4.69) is 22.3 Å². The molecule has 1 heterocycles. The predicted molar refractivity (Wildman–Crippen MR) is 106 cm³/mol. The van der Waals surface area contributed by atoms with Crippen LogP contribution in [0.1, 0.15) is 5.56 Å². The zero-order chi connectivity index (χ0) is 19.1. The van der Waals surface area contributed by atoms with Gasteiger partial charge < -0.3 is 14.8 Å². The summed E-state index contributed by atoms with van der Waals surface area (Å²) in [5.74, 6) is 0.212. The molecule has 1 amide bonds. The molecule has 5 nitrogen and oxygen atoms in total. The van der Waals surface area contributed by atoms with Gasteiger partial charge in [-0.05, 0) is 23.8 Å². The van der Waals surface area contributed by atoms with Crippen molar-refractivity contribution in [1.29, 1.82) is 0 Å². The molecule has 0 saturated carbocycles. The molecule has 0 aromatic heterocycles. The first-order chi connectivity index (χ1) is 13.1. The van der Waals surface area contributed by atoms with E-state index in [0.717, 1.165) is 19.6 Å². The van der Waals surface area contributed by atoms with Gasteiger partial charge >= 0.3 is 0 Å². The first kappa shape index (κ1) is 20.0. The lowest BCUT2D eigenvalue weighted by atomic mass is 10.2. The van der Waals surface area contributed by atoms with Crippen molar-refractivity contribution >= 4 is 29.1 Å². The number of halogens is 2. The summed E-state index contributed by atoms with van der Waals surface area (Å²) in [6.07, 6.45) is -0.0365. The van der Waals surface area contributed by atoms with Crippen LogP contribution in [0, 0.1) is 0 Å². The van der Waals surface area contributed by atoms with Crippen molar-refractivity contribution in [1.82, 2.24) is 10.2 Å². The van der Waals surface area contributed by atoms with Crippen LogP contribution >= 0.6 is 23.2 Å². The van der Waals surface area contributed by atoms with Gasteiger partial charge in [-0.25, -0.2) is 0 Å². The van der Waals surface area contributed by atoms with Crippen LogP contribution in [0.5, 0.6) is 5.75 Å². The molecule has 2 aromatic rings. The van der Waals surface area contributed by atoms with Gasteiger partial charge in [-0.2, -0.15) is 0 Å². The maximum absolute atomic E-state index is 12.0. The summed E-state index contributed by atoms with van der Waals surface area (Å²) in [7, 11) is 0. The Balaban J connectivity index is 1.40. The van der Waals surface area contributed by atoms with Crippen molar-refractivity contribution in [3.63, 3.8) is 0 Å². The third-order valence-corrected chi connectivity index (χ3v) is 4.78. The van der Waals surface area contributed by atoms with Crippen molar-refractivity contribution in [3.05, 3.63) is 64.1 Å². The van der Waals surface area contributed by atoms with E-state index in [1.165, 1.54) is 5.56 Å². The van der Waals surface area contributed by atoms with Gasteiger partial charge in [-0.1, -0.05) is 53.5 Å². The normalized spacial score (nSPS) is 17.5. The monoisotopic (exact) mass is 408 g/mol. The van der Waals surface area contributed by atoms with Crippen molar-refractivity contribution < 1.29 is 14.3 Å². The number of rotatable bonds is 7. The maximum Gasteiger partial charge on any atom is 0.258 e. The second kappa shape index (κ2) is 9.95. The molecule has 1 saturated heterocycles. The number of amides is 1. The summed E-state index contributed by atoms with van der Waals surface area (Å²) < 4.78 is 11.2. The molecular weight excluding hydrogens is 387 g/mol. The topological polar surface area (TPSA) is 50.8 Å². The molecule has 0 spiro atoms. The molecule has 7 heteroatoms. The standard InChI is InChI=1S/C20H22Cl2N2O3/c21-16-6-7-19(18(22)10-16)27-14-20(25)23-11-17-13-24(8-9-26-17)12-15-4-2-1-3-5-15/h1-7,10,17H,8-9,11-14H2,(H,23,25). The molecule has 1 aliphatic heterocycles. The molecule has 144 valence electrons. The Kier molecular flexibility index (Phi) is 7.35. The maximum atomic E-state index is 12.0. The summed E-state index contributed by atoms with van der Waals surface area (Å²) >= 11 is 11.9. The van der Waals surface area contributed by atoms with Gasteiger partial charge in [-0.15, -0.1) is 0 Å². The van der Waals surface area contributed by atoms with E-state index in [1.54, 1.807) is 18.2 Å². The molecule has 3 rings (SSSR count). The first-order valence-electron chi connectivity index (χ1n) is 8.82. The third-order valence-electron chi connectivity index (χ3n) is 4.25. The van der Waals surface area contributed by atoms with Crippen molar-refractivity contribution in [2.75, 3.05) is 32.8 Å². The zero-order valence-electron chi connectivity index (χ0n) is 14.9. The quantitative estimate of drug-likeness (QED) is 0.762. The van der Waals surface area contributed by atoms with E-state index in [9.17, 15) is 4.79 Å². The van der Waals surface area contributed by atoms with Crippen molar-refractivity contribution in [2.24, 2.45) is 0 Å². The lowest BCUT2D eigenvalue weighted by Crippen LogP contribution is -2.47. The Morgan fingerprint density at radius 2 is 2.04 bits per heavy atom. The molecule has 2 aromatic carbocycles. The lowest BCUT2D eigenvalue weighted by molar-refractivity contribution is -0.124. The van der Waals surface area contributed by atoms with E-state index in [-0.39, 0.29) is 18.6 Å². The highest BCUT2D eigenvalue weighted by molar-refractivity contribution is 6.35. The highest BCUT2D eigenvalue weighted by Crippen LogP contribution is 2.27. The van der Waals surface area contributed by atoms with Crippen LogP contribution in [-0.4, -0.2) is 49.8 Å². The largest absolute Gasteiger partial charge is 0.482 e. The molecule has 1 fully saturated rings. The fourth-order valence-electron chi connectivity index (χ4n) is 2.90. The van der Waals surface area contributed by atoms with E-state index < -0.39 is 0 Å². The molecule has 0 aliphatic carbocycles. The number of nitrogens with zero attached hydrogens (tertiary/aromatic N) is 1. The summed E-state index contributed by atoms with van der Waals surface area (Å²) in [4.78, 5) is 14.4. The molecule has 0 radical (unpaired) electrons. The Labute approximate surface area is 169 Å². The lowest BCUT2D eigenvalue weighted by Gasteiger charge is -2.33. The number of carbonyl (C=O) groups excluding carboxylic acids is 1. The Morgan fingerprint density at radius 3 is 2.81 bits per heavy atom. The highest BCUT2D eigenvalue weighted by atomic mass is 35.5. The van der Waals surface area contributed by atoms with Crippen molar-refractivity contribution in [2.45, 2.75) is 12.6 Å². The molecule has 1 unspecified atom stereocenters. The van der Waals surface area contributed by atoms with Gasteiger partial charge in [0, 0.05) is 31.2 Å². The number of benzene rings is 2. The van der Waals surface area contributed by atoms with Gasteiger partial charge in [0.15, 0.2) is 6.61 Å². The van der Waals surface area contributed by atoms with Crippen LogP contribution in [0.15, 0.2) is 48.5 Å². The average Bonchev–Trinajstić information content (AvgIpc) is 2.67. The number of carbonyl (C=O) groups is 1. The second-order valence-corrected chi connectivity index (χ2v) is 7.22. The van der Waals surface area contributed by atoms with Gasteiger partial charge in [0.05, 0.1) is 17.7 Å². The fourth-order valence-corrected chi connectivity index (χ4v) is 3.37. The van der Waals surface area contributed by atoms with Crippen LogP contribution in [-0.2, 0) is 16.1 Å². The zero-order valence-corrected chi connectivity index (χ0v) is 16.4. The molecule has 27 heavy (non-hydrogen) atoms. The van der Waals surface area contributed by atoms with Gasteiger partial charge in [-0.3, -0.25) is 9.69 Å². The number of nitrogens with one attached hydrogen (secondary N) is 1. The van der Waals surface area contributed by atoms with Crippen LogP contribution < -0.4 is 10.1 Å². The summed E-state index contributed by atoms with van der Waals surface area (Å²) in [6, 6.07) is 15.2. The number of ether oxygens (including phenoxy) is 2. The molecule has 1 aliphatic rings. The van der Waals surface area contributed by atoms with E-state index in [4.69, 9.17) is 32.7 Å². The summed E-state index contributed by atoms with van der Waals surface area (Å²) in [6.45, 7) is 3.54. The minimum Gasteiger partial charge on any atom is -0.482 e. The fraction of sp³-hybridized carbons (Fsp3) is 0.350. The summed E-state index contributed by atoms with van der Waals surface area (Å²) in [5.41, 5.74) is 1.27. The first-order valence-corrected chi connectivity index (χ1v) is 9.58. The van der Waals surface area contributed by atoms with Crippen LogP contribution in [0.2, 0.25) is 10.0 Å². The van der Waals surface area contributed by atoms with Crippen LogP contribution in [0.3, 0.4) is 0 Å². The van der Waals surface area contributed by atoms with Crippen molar-refractivity contribution in [3.8, 4) is 5.75 Å². The predicted octanol–water partition coefficient (Wildman–Crippen LogP) is 3.39. The number of hydrogen-bond donors (Lipinski definition) is 1. The molecule has 0 bridgehead atoms. The van der Waals surface area contributed by atoms with E-state index >= 15 is 0 Å².